The van der Waals surface area contributed by atoms with Crippen molar-refractivity contribution in [1.29, 1.82) is 0 Å². The van der Waals surface area contributed by atoms with Gasteiger partial charge < -0.3 is 14.8 Å². The van der Waals surface area contributed by atoms with Crippen molar-refractivity contribution < 1.29 is 9.47 Å². The molecule has 0 aliphatic carbocycles. The van der Waals surface area contributed by atoms with Crippen molar-refractivity contribution in [2.75, 3.05) is 20.3 Å². The summed E-state index contributed by atoms with van der Waals surface area (Å²) in [6.07, 6.45) is 1.84. The third-order valence-electron chi connectivity index (χ3n) is 2.86. The molecule has 1 aromatic carbocycles. The largest absolute Gasteiger partial charge is 0.439 e. The molecule has 106 valence electrons. The number of aryl methyl sites for hydroxylation is 1. The van der Waals surface area contributed by atoms with E-state index >= 15 is 0 Å². The molecule has 0 radical (unpaired) electrons. The van der Waals surface area contributed by atoms with E-state index in [1.54, 1.807) is 7.11 Å². The van der Waals surface area contributed by atoms with Gasteiger partial charge >= 0.3 is 0 Å². The molecule has 0 spiro atoms. The molecule has 0 unspecified atom stereocenters. The van der Waals surface area contributed by atoms with E-state index in [2.05, 4.69) is 16.4 Å². The number of hydrogen-bond acceptors (Lipinski definition) is 4. The minimum Gasteiger partial charge on any atom is -0.439 e. The van der Waals surface area contributed by atoms with Crippen molar-refractivity contribution in [2.45, 2.75) is 13.5 Å². The number of pyridine rings is 1. The van der Waals surface area contributed by atoms with Crippen molar-refractivity contribution >= 4 is 0 Å². The Morgan fingerprint density at radius 1 is 1.20 bits per heavy atom. The molecule has 1 N–H and O–H groups in total. The highest BCUT2D eigenvalue weighted by atomic mass is 16.5. The lowest BCUT2D eigenvalue weighted by molar-refractivity contribution is 0.199. The Morgan fingerprint density at radius 2 is 2.00 bits per heavy atom. The van der Waals surface area contributed by atoms with Gasteiger partial charge in [-0.05, 0) is 30.7 Å². The minimum absolute atomic E-state index is 0.650. The summed E-state index contributed by atoms with van der Waals surface area (Å²) in [6.45, 7) is 4.33. The first-order chi connectivity index (χ1) is 9.79. The first kappa shape index (κ1) is 14.5. The van der Waals surface area contributed by atoms with E-state index in [0.717, 1.165) is 30.0 Å². The molecule has 0 amide bonds. The van der Waals surface area contributed by atoms with Crippen LogP contribution < -0.4 is 10.1 Å². The van der Waals surface area contributed by atoms with Crippen LogP contribution in [-0.2, 0) is 11.3 Å². The summed E-state index contributed by atoms with van der Waals surface area (Å²) in [6, 6.07) is 11.8. The molecule has 0 saturated heterocycles. The molecule has 2 aromatic rings. The van der Waals surface area contributed by atoms with E-state index in [4.69, 9.17) is 9.47 Å². The van der Waals surface area contributed by atoms with Gasteiger partial charge in [-0.15, -0.1) is 0 Å². The Kier molecular flexibility index (Phi) is 5.53. The lowest BCUT2D eigenvalue weighted by atomic mass is 10.2. The van der Waals surface area contributed by atoms with Gasteiger partial charge in [0, 0.05) is 32.0 Å². The summed E-state index contributed by atoms with van der Waals surface area (Å²) in [5, 5.41) is 3.29. The summed E-state index contributed by atoms with van der Waals surface area (Å²) in [5.41, 5.74) is 2.17. The fraction of sp³-hybridized carbons (Fsp3) is 0.312. The lowest BCUT2D eigenvalue weighted by Gasteiger charge is -2.09. The topological polar surface area (TPSA) is 43.4 Å². The van der Waals surface area contributed by atoms with E-state index < -0.39 is 0 Å². The molecule has 0 aliphatic heterocycles. The van der Waals surface area contributed by atoms with Crippen LogP contribution in [-0.4, -0.2) is 25.2 Å². The van der Waals surface area contributed by atoms with Gasteiger partial charge in [0.1, 0.15) is 5.75 Å². The van der Waals surface area contributed by atoms with Gasteiger partial charge in [-0.2, -0.15) is 0 Å². The number of nitrogens with zero attached hydrogens (tertiary/aromatic N) is 1. The normalized spacial score (nSPS) is 10.5. The van der Waals surface area contributed by atoms with Gasteiger partial charge in [0.25, 0.3) is 0 Å². The molecule has 0 saturated carbocycles. The van der Waals surface area contributed by atoms with E-state index in [0.29, 0.717) is 12.5 Å². The summed E-state index contributed by atoms with van der Waals surface area (Å²) in [4.78, 5) is 4.38. The van der Waals surface area contributed by atoms with Crippen LogP contribution in [0.5, 0.6) is 11.6 Å². The Balaban J connectivity index is 1.95. The molecular formula is C16H20N2O2. The maximum Gasteiger partial charge on any atom is 0.222 e. The van der Waals surface area contributed by atoms with Gasteiger partial charge in [-0.3, -0.25) is 0 Å². The smallest absolute Gasteiger partial charge is 0.222 e. The zero-order chi connectivity index (χ0) is 14.2. The lowest BCUT2D eigenvalue weighted by Crippen LogP contribution is -2.18. The molecule has 4 nitrogen and oxygen atoms in total. The molecule has 1 aromatic heterocycles. The van der Waals surface area contributed by atoms with Gasteiger partial charge in [-0.25, -0.2) is 4.98 Å². The summed E-state index contributed by atoms with van der Waals surface area (Å²) in [7, 11) is 1.70. The predicted octanol–water partition coefficient (Wildman–Crippen LogP) is 2.92. The molecular weight excluding hydrogens is 252 g/mol. The average Bonchev–Trinajstić information content (AvgIpc) is 2.47. The third kappa shape index (κ3) is 4.33. The minimum atomic E-state index is 0.650. The van der Waals surface area contributed by atoms with E-state index in [1.807, 2.05) is 43.5 Å². The van der Waals surface area contributed by atoms with Crippen molar-refractivity contribution in [3.05, 3.63) is 53.7 Å². The van der Waals surface area contributed by atoms with Crippen LogP contribution in [0.15, 0.2) is 42.6 Å². The van der Waals surface area contributed by atoms with E-state index in [1.165, 1.54) is 0 Å². The fourth-order valence-electron chi connectivity index (χ4n) is 1.83. The second-order valence-corrected chi connectivity index (χ2v) is 4.55. The number of nitrogens with one attached hydrogen (secondary N) is 1. The zero-order valence-corrected chi connectivity index (χ0v) is 11.9. The number of para-hydroxylation sites is 1. The molecule has 1 heterocycles. The molecule has 20 heavy (non-hydrogen) atoms. The zero-order valence-electron chi connectivity index (χ0n) is 11.9. The number of aromatic nitrogens is 1. The van der Waals surface area contributed by atoms with Gasteiger partial charge in [-0.1, -0.05) is 18.2 Å². The van der Waals surface area contributed by atoms with Crippen LogP contribution in [0.1, 0.15) is 11.1 Å². The average molecular weight is 272 g/mol. The first-order valence-corrected chi connectivity index (χ1v) is 6.67. The predicted molar refractivity (Wildman–Crippen MR) is 79.1 cm³/mol. The summed E-state index contributed by atoms with van der Waals surface area (Å²) in [5.74, 6) is 1.45. The Labute approximate surface area is 119 Å². The summed E-state index contributed by atoms with van der Waals surface area (Å²) < 4.78 is 10.7. The highest BCUT2D eigenvalue weighted by Crippen LogP contribution is 2.22. The van der Waals surface area contributed by atoms with Crippen molar-refractivity contribution in [1.82, 2.24) is 10.3 Å². The standard InChI is InChI=1S/C16H20N2O2/c1-13-10-14(11-17-8-9-19-2)12-18-16(13)20-15-6-4-3-5-7-15/h3-7,10,12,17H,8-9,11H2,1-2H3. The molecule has 0 bridgehead atoms. The van der Waals surface area contributed by atoms with Crippen molar-refractivity contribution in [2.24, 2.45) is 0 Å². The van der Waals surface area contributed by atoms with Crippen LogP contribution in [0.25, 0.3) is 0 Å². The first-order valence-electron chi connectivity index (χ1n) is 6.67. The number of rotatable bonds is 7. The highest BCUT2D eigenvalue weighted by Gasteiger charge is 2.04. The highest BCUT2D eigenvalue weighted by molar-refractivity contribution is 5.33. The third-order valence-corrected chi connectivity index (χ3v) is 2.86. The fourth-order valence-corrected chi connectivity index (χ4v) is 1.83. The van der Waals surface area contributed by atoms with Crippen molar-refractivity contribution in [3.8, 4) is 11.6 Å². The van der Waals surface area contributed by atoms with Crippen LogP contribution in [0.3, 0.4) is 0 Å². The Bertz CT molecular complexity index is 529. The molecule has 0 fully saturated rings. The second-order valence-electron chi connectivity index (χ2n) is 4.55. The maximum atomic E-state index is 5.76. The number of ether oxygens (including phenoxy) is 2. The SMILES string of the molecule is COCCNCc1cnc(Oc2ccccc2)c(C)c1. The van der Waals surface area contributed by atoms with E-state index in [9.17, 15) is 0 Å². The monoisotopic (exact) mass is 272 g/mol. The molecule has 0 aliphatic rings. The second kappa shape index (κ2) is 7.62. The van der Waals surface area contributed by atoms with Crippen LogP contribution in [0.2, 0.25) is 0 Å². The molecule has 0 atom stereocenters. The Morgan fingerprint density at radius 3 is 2.70 bits per heavy atom. The van der Waals surface area contributed by atoms with E-state index in [-0.39, 0.29) is 0 Å². The maximum absolute atomic E-state index is 5.76. The molecule has 4 heteroatoms. The molecule has 2 rings (SSSR count). The Hall–Kier alpha value is -1.91. The number of methoxy groups -OCH3 is 1. The van der Waals surface area contributed by atoms with Crippen molar-refractivity contribution in [3.63, 3.8) is 0 Å². The summed E-state index contributed by atoms with van der Waals surface area (Å²) >= 11 is 0. The number of benzene rings is 1. The van der Waals surface area contributed by atoms with Gasteiger partial charge in [0.2, 0.25) is 5.88 Å². The quantitative estimate of drug-likeness (QED) is 0.787. The van der Waals surface area contributed by atoms with Gasteiger partial charge in [0.05, 0.1) is 6.61 Å². The van der Waals surface area contributed by atoms with Crippen LogP contribution >= 0.6 is 0 Å². The number of hydrogen-bond donors (Lipinski definition) is 1. The van der Waals surface area contributed by atoms with Gasteiger partial charge in [0.15, 0.2) is 0 Å². The van der Waals surface area contributed by atoms with Crippen LogP contribution in [0.4, 0.5) is 0 Å². The van der Waals surface area contributed by atoms with Crippen LogP contribution in [0, 0.1) is 6.92 Å².